The van der Waals surface area contributed by atoms with Crippen LogP contribution in [0.25, 0.3) is 287 Å². The summed E-state index contributed by atoms with van der Waals surface area (Å²) >= 11 is 0. The van der Waals surface area contributed by atoms with Crippen LogP contribution in [-0.4, -0.2) is 48.2 Å². The molecular weight excluding hydrogens is 1800 g/mol. The maximum Gasteiger partial charge on any atom is 0.238 e. The van der Waals surface area contributed by atoms with E-state index in [1.807, 2.05) is 72.8 Å². The van der Waals surface area contributed by atoms with Crippen molar-refractivity contribution < 1.29 is 0 Å². The highest BCUT2D eigenvalue weighted by Crippen LogP contribution is 2.48. The molecule has 688 valence electrons. The Morgan fingerprint density at radius 2 is 0.257 bits per heavy atom. The molecule has 24 aromatic carbocycles. The van der Waals surface area contributed by atoms with Gasteiger partial charge in [-0.3, -0.25) is 9.13 Å². The van der Waals surface area contributed by atoms with E-state index in [1.54, 1.807) is 0 Å². The first-order valence-electron chi connectivity index (χ1n) is 50.3. The van der Waals surface area contributed by atoms with E-state index < -0.39 is 0 Å². The topological polar surface area (TPSA) is 97.1 Å². The van der Waals surface area contributed by atoms with Crippen molar-refractivity contribution >= 4 is 152 Å². The highest BCUT2D eigenvalue weighted by atomic mass is 15.2. The second-order valence-corrected chi connectivity index (χ2v) is 38.3. The maximum atomic E-state index is 5.28. The Kier molecular flexibility index (Phi) is 20.1. The third-order valence-corrected chi connectivity index (χ3v) is 29.9. The van der Waals surface area contributed by atoms with Gasteiger partial charge in [-0.25, -0.2) is 9.97 Å². The summed E-state index contributed by atoms with van der Waals surface area (Å²) in [6.45, 7) is 0. The van der Waals surface area contributed by atoms with Gasteiger partial charge in [0.25, 0.3) is 0 Å². The molecule has 0 fully saturated rings. The second kappa shape index (κ2) is 35.0. The highest BCUT2D eigenvalue weighted by Gasteiger charge is 2.27. The average molecular weight is 1880 g/mol. The van der Waals surface area contributed by atoms with Crippen LogP contribution in [0.2, 0.25) is 0 Å². The zero-order chi connectivity index (χ0) is 97.4. The van der Waals surface area contributed by atoms with Crippen LogP contribution < -0.4 is 0 Å². The molecule has 6 aromatic heterocycles. The molecular formula is C138H86N10. The summed E-state index contributed by atoms with van der Waals surface area (Å²) in [5, 5.41) is 24.5. The second-order valence-electron chi connectivity index (χ2n) is 38.3. The van der Waals surface area contributed by atoms with E-state index in [9.17, 15) is 0 Å². The average Bonchev–Trinajstić information content (AvgIpc) is 1.48. The molecule has 148 heavy (non-hydrogen) atoms. The minimum atomic E-state index is 0.562. The van der Waals surface area contributed by atoms with Crippen LogP contribution in [0.5, 0.6) is 0 Å². The van der Waals surface area contributed by atoms with Crippen LogP contribution in [0.4, 0.5) is 0 Å². The Labute approximate surface area is 851 Å². The normalized spacial score (nSPS) is 11.8. The van der Waals surface area contributed by atoms with Gasteiger partial charge in [-0.1, -0.05) is 388 Å². The summed E-state index contributed by atoms with van der Waals surface area (Å²) in [5.41, 5.74) is 28.6. The van der Waals surface area contributed by atoms with Gasteiger partial charge in [-0.05, 0) is 265 Å². The smallest absolute Gasteiger partial charge is 0.238 e. The zero-order valence-corrected chi connectivity index (χ0v) is 80.1. The number of benzene rings is 24. The number of hydrogen-bond acceptors (Lipinski definition) is 6. The Morgan fingerprint density at radius 3 is 0.473 bits per heavy atom. The maximum absolute atomic E-state index is 5.28. The molecule has 30 aromatic rings. The molecule has 0 aliphatic carbocycles. The van der Waals surface area contributed by atoms with Crippen LogP contribution in [0.15, 0.2) is 522 Å². The number of para-hydroxylation sites is 2. The summed E-state index contributed by atoms with van der Waals surface area (Å²) in [6.07, 6.45) is 0. The Balaban J connectivity index is 0.000000140. The third-order valence-electron chi connectivity index (χ3n) is 29.9. The summed E-state index contributed by atoms with van der Waals surface area (Å²) < 4.78 is 9.23. The summed E-state index contributed by atoms with van der Waals surface area (Å²) in [4.78, 5) is 31.1. The van der Waals surface area contributed by atoms with E-state index in [-0.39, 0.29) is 0 Å². The van der Waals surface area contributed by atoms with Crippen LogP contribution in [-0.2, 0) is 0 Å². The Bertz CT molecular complexity index is 10400. The van der Waals surface area contributed by atoms with Crippen LogP contribution in [0, 0.1) is 0 Å². The van der Waals surface area contributed by atoms with Crippen LogP contribution in [0.3, 0.4) is 0 Å². The van der Waals surface area contributed by atoms with Crippen molar-refractivity contribution in [2.75, 3.05) is 0 Å². The van der Waals surface area contributed by atoms with Gasteiger partial charge in [0.15, 0.2) is 23.3 Å². The predicted molar refractivity (Wildman–Crippen MR) is 616 cm³/mol. The standard InChI is InChI=1S/2C69H43N5/c1-5-17-44(18-6-1)47-30-37-65-61(40-47)62-43-51(33-38-66(62)74(65)69-71-67(45-19-7-2-8-20-45)70-68(72-69)46-21-9-3-10-22-46)50-32-36-64-60(42-50)59-41-49(31-35-63(59)73(64)52-23-11-4-12-24-52)48-29-34-57-55-27-14-13-25-53(55)54-26-15-16-28-56(54)58(57)39-48;1-5-17-44(18-6-1)47-30-35-63-59(40-47)60-41-50(31-36-64(60)73(63)52-23-11-4-12-24-52)51-33-38-66-62(43-51)61-42-49(48-29-34-57-55-27-14-13-25-53(55)54-26-15-16-28-56(54)58(57)39-48)32-37-65(61)74(66)69-71-67(45-19-7-2-8-20-45)70-68(72-69)46-21-9-3-10-22-46/h2*1-43H. The molecule has 0 spiro atoms. The van der Waals surface area contributed by atoms with E-state index in [0.717, 1.165) is 133 Å². The minimum Gasteiger partial charge on any atom is -0.309 e. The molecule has 0 N–H and O–H groups in total. The van der Waals surface area contributed by atoms with Gasteiger partial charge < -0.3 is 9.13 Å². The summed E-state index contributed by atoms with van der Waals surface area (Å²) in [5.74, 6) is 3.61. The number of hydrogen-bond donors (Lipinski definition) is 0. The Hall–Kier alpha value is -19.9. The fraction of sp³-hybridized carbons (Fsp3) is 0. The lowest BCUT2D eigenvalue weighted by Crippen LogP contribution is -2.06. The van der Waals surface area contributed by atoms with E-state index in [4.69, 9.17) is 29.9 Å². The molecule has 0 atom stereocenters. The largest absolute Gasteiger partial charge is 0.309 e. The molecule has 0 unspecified atom stereocenters. The van der Waals surface area contributed by atoms with E-state index in [0.29, 0.717) is 35.2 Å². The molecule has 0 aliphatic heterocycles. The number of fused-ring (bicyclic) bond motifs is 24. The molecule has 10 heteroatoms. The van der Waals surface area contributed by atoms with Gasteiger partial charge in [0.1, 0.15) is 0 Å². The fourth-order valence-corrected chi connectivity index (χ4v) is 22.9. The molecule has 10 nitrogen and oxygen atoms in total. The SMILES string of the molecule is c1ccc(-c2ccc3c(c2)c2cc(-c4ccc5c(c4)c4cc(-c6ccc7c8ccccc8c8ccccc8c7c6)ccc4n5-c4ccccc4)ccc2n3-c2nc(-c3ccccc3)nc(-c3ccccc3)n2)cc1.c1ccc(-c2ccc3c(c2)c2cc(-c4ccc5c(c4)c4cc(-c6ccc7c8ccccc8c8ccccc8c7c6)ccc4n5-c4nc(-c5ccccc5)nc(-c5ccccc5)n4)ccc2n3-c2ccccc2)cc1. The van der Waals surface area contributed by atoms with Crippen molar-refractivity contribution in [3.05, 3.63) is 522 Å². The van der Waals surface area contributed by atoms with Gasteiger partial charge in [-0.2, -0.15) is 19.9 Å². The zero-order valence-electron chi connectivity index (χ0n) is 80.1. The van der Waals surface area contributed by atoms with E-state index in [2.05, 4.69) is 467 Å². The lowest BCUT2D eigenvalue weighted by atomic mass is 9.92. The molecule has 0 saturated carbocycles. The van der Waals surface area contributed by atoms with E-state index in [1.165, 1.54) is 119 Å². The van der Waals surface area contributed by atoms with Crippen LogP contribution >= 0.6 is 0 Å². The highest BCUT2D eigenvalue weighted by molar-refractivity contribution is 6.28. The summed E-state index contributed by atoms with van der Waals surface area (Å²) in [6, 6.07) is 188. The first-order valence-corrected chi connectivity index (χ1v) is 50.3. The quantitative estimate of drug-likeness (QED) is 0.101. The van der Waals surface area contributed by atoms with Crippen molar-refractivity contribution in [3.8, 4) is 136 Å². The number of nitrogens with zero attached hydrogens (tertiary/aromatic N) is 10. The lowest BCUT2D eigenvalue weighted by Gasteiger charge is -2.12. The lowest BCUT2D eigenvalue weighted by molar-refractivity contribution is 0.953. The first-order chi connectivity index (χ1) is 73.4. The van der Waals surface area contributed by atoms with Gasteiger partial charge in [0.05, 0.1) is 44.1 Å². The van der Waals surface area contributed by atoms with E-state index >= 15 is 0 Å². The molecule has 6 heterocycles. The molecule has 0 aliphatic rings. The van der Waals surface area contributed by atoms with Crippen molar-refractivity contribution in [1.82, 2.24) is 48.2 Å². The summed E-state index contributed by atoms with van der Waals surface area (Å²) in [7, 11) is 0. The van der Waals surface area contributed by atoms with Crippen molar-refractivity contribution in [1.29, 1.82) is 0 Å². The fourth-order valence-electron chi connectivity index (χ4n) is 22.9. The van der Waals surface area contributed by atoms with Gasteiger partial charge in [-0.15, -0.1) is 0 Å². The van der Waals surface area contributed by atoms with Crippen molar-refractivity contribution in [2.45, 2.75) is 0 Å². The molecule has 0 bridgehead atoms. The van der Waals surface area contributed by atoms with Gasteiger partial charge in [0, 0.05) is 76.7 Å². The Morgan fingerprint density at radius 1 is 0.101 bits per heavy atom. The van der Waals surface area contributed by atoms with Crippen LogP contribution in [0.1, 0.15) is 0 Å². The molecule has 0 amide bonds. The molecule has 0 radical (unpaired) electrons. The molecule has 30 rings (SSSR count). The number of aromatic nitrogens is 10. The van der Waals surface area contributed by atoms with Crippen molar-refractivity contribution in [2.24, 2.45) is 0 Å². The minimum absolute atomic E-state index is 0.562. The van der Waals surface area contributed by atoms with Crippen molar-refractivity contribution in [3.63, 3.8) is 0 Å². The third kappa shape index (κ3) is 14.4. The monoisotopic (exact) mass is 1880 g/mol. The predicted octanol–water partition coefficient (Wildman–Crippen LogP) is 35.7. The van der Waals surface area contributed by atoms with Gasteiger partial charge in [0.2, 0.25) is 11.9 Å². The van der Waals surface area contributed by atoms with Gasteiger partial charge >= 0.3 is 0 Å². The molecule has 0 saturated heterocycles. The first kappa shape index (κ1) is 84.9. The number of rotatable bonds is 14.